The second kappa shape index (κ2) is 9.40. The molecule has 0 bridgehead atoms. The molecule has 0 unspecified atom stereocenters. The Morgan fingerprint density at radius 2 is 2.00 bits per heavy atom. The second-order valence-electron chi connectivity index (χ2n) is 8.30. The van der Waals surface area contributed by atoms with Gasteiger partial charge in [0, 0.05) is 36.6 Å². The number of H-pyrrole nitrogens is 1. The van der Waals surface area contributed by atoms with Crippen molar-refractivity contribution < 1.29 is 4.74 Å². The van der Waals surface area contributed by atoms with E-state index in [0.29, 0.717) is 48.6 Å². The molecule has 0 radical (unpaired) electrons. The molecule has 2 fully saturated rings. The van der Waals surface area contributed by atoms with Crippen molar-refractivity contribution in [1.29, 1.82) is 0 Å². The lowest BCUT2D eigenvalue weighted by molar-refractivity contribution is 0.122. The van der Waals surface area contributed by atoms with Crippen molar-refractivity contribution >= 4 is 23.1 Å². The van der Waals surface area contributed by atoms with Crippen molar-refractivity contribution in [2.75, 3.05) is 49.6 Å². The van der Waals surface area contributed by atoms with Crippen molar-refractivity contribution in [3.8, 4) is 21.8 Å². The van der Waals surface area contributed by atoms with Crippen molar-refractivity contribution in [2.45, 2.75) is 25.8 Å². The van der Waals surface area contributed by atoms with E-state index in [-0.39, 0.29) is 11.6 Å². The molecule has 2 aromatic heterocycles. The van der Waals surface area contributed by atoms with Gasteiger partial charge < -0.3 is 20.3 Å². The first-order valence-corrected chi connectivity index (χ1v) is 12.0. The van der Waals surface area contributed by atoms with E-state index in [1.54, 1.807) is 0 Å². The van der Waals surface area contributed by atoms with Gasteiger partial charge >= 0.3 is 0 Å². The SMILES string of the molecule is Cc1ccc(-c2csc(-c3c(N[C@@H]4CCCNC4)nc(N4CCOCC4)[nH]c3=O)n2)cc1. The fourth-order valence-electron chi connectivity index (χ4n) is 4.10. The number of hydrogen-bond donors (Lipinski definition) is 3. The zero-order valence-electron chi connectivity index (χ0n) is 18.2. The van der Waals surface area contributed by atoms with E-state index in [1.165, 1.54) is 16.9 Å². The van der Waals surface area contributed by atoms with Crippen LogP contribution in [0.25, 0.3) is 21.8 Å². The van der Waals surface area contributed by atoms with Crippen LogP contribution in [-0.4, -0.2) is 60.4 Å². The summed E-state index contributed by atoms with van der Waals surface area (Å²) in [6, 6.07) is 8.49. The minimum atomic E-state index is -0.169. The van der Waals surface area contributed by atoms with Gasteiger partial charge in [-0.25, -0.2) is 4.98 Å². The maximum Gasteiger partial charge on any atom is 0.264 e. The van der Waals surface area contributed by atoms with E-state index in [1.807, 2.05) is 5.38 Å². The molecule has 2 aliphatic rings. The van der Waals surface area contributed by atoms with Crippen LogP contribution in [0.15, 0.2) is 34.4 Å². The smallest absolute Gasteiger partial charge is 0.264 e. The van der Waals surface area contributed by atoms with Gasteiger partial charge in [0.25, 0.3) is 5.56 Å². The van der Waals surface area contributed by atoms with E-state index >= 15 is 0 Å². The Balaban J connectivity index is 1.52. The number of piperidine rings is 1. The summed E-state index contributed by atoms with van der Waals surface area (Å²) in [5, 5.41) is 9.64. The second-order valence-corrected chi connectivity index (χ2v) is 9.16. The third-order valence-electron chi connectivity index (χ3n) is 5.92. The van der Waals surface area contributed by atoms with Crippen LogP contribution in [0.2, 0.25) is 0 Å². The monoisotopic (exact) mass is 452 g/mol. The molecule has 0 aliphatic carbocycles. The summed E-state index contributed by atoms with van der Waals surface area (Å²) in [6.07, 6.45) is 2.14. The quantitative estimate of drug-likeness (QED) is 0.548. The van der Waals surface area contributed by atoms with Gasteiger partial charge in [-0.2, -0.15) is 4.98 Å². The molecule has 9 heteroatoms. The topological polar surface area (TPSA) is 95.2 Å². The summed E-state index contributed by atoms with van der Waals surface area (Å²) in [5.41, 5.74) is 3.45. The zero-order valence-corrected chi connectivity index (χ0v) is 19.0. The Kier molecular flexibility index (Phi) is 6.20. The Bertz CT molecular complexity index is 1110. The molecule has 2 saturated heterocycles. The van der Waals surface area contributed by atoms with Gasteiger partial charge in [0.05, 0.1) is 18.9 Å². The highest BCUT2D eigenvalue weighted by Gasteiger charge is 2.23. The molecule has 0 spiro atoms. The van der Waals surface area contributed by atoms with Crippen LogP contribution in [0.5, 0.6) is 0 Å². The van der Waals surface area contributed by atoms with Crippen LogP contribution in [0, 0.1) is 6.92 Å². The number of rotatable bonds is 5. The van der Waals surface area contributed by atoms with E-state index in [4.69, 9.17) is 14.7 Å². The van der Waals surface area contributed by atoms with Gasteiger partial charge in [0.2, 0.25) is 5.95 Å². The number of hydrogen-bond acceptors (Lipinski definition) is 8. The first-order valence-electron chi connectivity index (χ1n) is 11.1. The third kappa shape index (κ3) is 4.55. The molecule has 32 heavy (non-hydrogen) atoms. The molecular formula is C23H28N6O2S. The van der Waals surface area contributed by atoms with Crippen LogP contribution < -0.4 is 21.1 Å². The zero-order chi connectivity index (χ0) is 21.9. The van der Waals surface area contributed by atoms with E-state index in [9.17, 15) is 4.79 Å². The highest BCUT2D eigenvalue weighted by Crippen LogP contribution is 2.32. The normalized spacial score (nSPS) is 19.2. The molecule has 0 amide bonds. The lowest BCUT2D eigenvalue weighted by Crippen LogP contribution is -2.40. The van der Waals surface area contributed by atoms with Gasteiger partial charge in [-0.3, -0.25) is 9.78 Å². The molecule has 3 N–H and O–H groups in total. The summed E-state index contributed by atoms with van der Waals surface area (Å²) < 4.78 is 5.45. The van der Waals surface area contributed by atoms with Crippen molar-refractivity contribution in [3.05, 3.63) is 45.6 Å². The minimum absolute atomic E-state index is 0.169. The predicted molar refractivity (Wildman–Crippen MR) is 129 cm³/mol. The Hall–Kier alpha value is -2.75. The first kappa shape index (κ1) is 21.1. The summed E-state index contributed by atoms with van der Waals surface area (Å²) in [6.45, 7) is 6.63. The van der Waals surface area contributed by atoms with Crippen LogP contribution >= 0.6 is 11.3 Å². The fourth-order valence-corrected chi connectivity index (χ4v) is 4.97. The highest BCUT2D eigenvalue weighted by atomic mass is 32.1. The Labute approximate surface area is 191 Å². The number of ether oxygens (including phenoxy) is 1. The van der Waals surface area contributed by atoms with Crippen molar-refractivity contribution in [1.82, 2.24) is 20.3 Å². The van der Waals surface area contributed by atoms with Crippen LogP contribution in [0.1, 0.15) is 18.4 Å². The van der Waals surface area contributed by atoms with Crippen LogP contribution in [-0.2, 0) is 4.74 Å². The van der Waals surface area contributed by atoms with E-state index in [2.05, 4.69) is 51.7 Å². The summed E-state index contributed by atoms with van der Waals surface area (Å²) >= 11 is 1.47. The molecular weight excluding hydrogens is 424 g/mol. The fraction of sp³-hybridized carbons (Fsp3) is 0.435. The van der Waals surface area contributed by atoms with Crippen LogP contribution in [0.3, 0.4) is 0 Å². The average molecular weight is 453 g/mol. The van der Waals surface area contributed by atoms with Gasteiger partial charge in [0.15, 0.2) is 0 Å². The predicted octanol–water partition coefficient (Wildman–Crippen LogP) is 2.87. The molecule has 3 aromatic rings. The summed E-state index contributed by atoms with van der Waals surface area (Å²) in [7, 11) is 0. The lowest BCUT2D eigenvalue weighted by atomic mass is 10.1. The number of nitrogens with one attached hydrogen (secondary N) is 3. The van der Waals surface area contributed by atoms with Gasteiger partial charge in [-0.15, -0.1) is 11.3 Å². The number of aromatic amines is 1. The molecule has 2 aliphatic heterocycles. The summed E-state index contributed by atoms with van der Waals surface area (Å²) in [5.74, 6) is 1.19. The van der Waals surface area contributed by atoms with E-state index in [0.717, 1.165) is 37.2 Å². The molecule has 4 heterocycles. The molecule has 1 aromatic carbocycles. The highest BCUT2D eigenvalue weighted by molar-refractivity contribution is 7.13. The maximum absolute atomic E-state index is 13.3. The first-order chi connectivity index (χ1) is 15.7. The number of aryl methyl sites for hydroxylation is 1. The molecule has 0 saturated carbocycles. The number of morpholine rings is 1. The molecule has 168 valence electrons. The lowest BCUT2D eigenvalue weighted by Gasteiger charge is -2.29. The minimum Gasteiger partial charge on any atom is -0.378 e. The van der Waals surface area contributed by atoms with Crippen molar-refractivity contribution in [2.24, 2.45) is 0 Å². The van der Waals surface area contributed by atoms with Gasteiger partial charge in [-0.05, 0) is 26.3 Å². The van der Waals surface area contributed by atoms with Gasteiger partial charge in [-0.1, -0.05) is 29.8 Å². The Morgan fingerprint density at radius 3 is 2.75 bits per heavy atom. The van der Waals surface area contributed by atoms with E-state index < -0.39 is 0 Å². The standard InChI is InChI=1S/C23H28N6O2S/c1-15-4-6-16(7-5-15)18-14-32-22(26-18)19-20(25-17-3-2-8-24-13-17)27-23(28-21(19)30)29-9-11-31-12-10-29/h4-7,14,17,24H,2-3,8-13H2,1H3,(H2,25,27,28,30)/t17-/m1/s1. The Morgan fingerprint density at radius 1 is 1.19 bits per heavy atom. The van der Waals surface area contributed by atoms with Crippen molar-refractivity contribution in [3.63, 3.8) is 0 Å². The largest absolute Gasteiger partial charge is 0.378 e. The number of nitrogens with zero attached hydrogens (tertiary/aromatic N) is 3. The molecule has 1 atom stereocenters. The maximum atomic E-state index is 13.3. The number of benzene rings is 1. The summed E-state index contributed by atoms with van der Waals surface area (Å²) in [4.78, 5) is 28.0. The molecule has 8 nitrogen and oxygen atoms in total. The average Bonchev–Trinajstić information content (AvgIpc) is 3.30. The number of anilines is 2. The van der Waals surface area contributed by atoms with Gasteiger partial charge in [0.1, 0.15) is 16.4 Å². The number of aromatic nitrogens is 3. The number of thiazole rings is 1. The van der Waals surface area contributed by atoms with Crippen LogP contribution in [0.4, 0.5) is 11.8 Å². The third-order valence-corrected chi connectivity index (χ3v) is 6.78. The molecule has 5 rings (SSSR count).